The van der Waals surface area contributed by atoms with Crippen molar-refractivity contribution >= 4 is 16.0 Å². The van der Waals surface area contributed by atoms with Gasteiger partial charge in [-0.1, -0.05) is 6.58 Å². The molecule has 21 heavy (non-hydrogen) atoms. The molecule has 1 aromatic rings. The number of sulfonamides is 1. The first-order chi connectivity index (χ1) is 9.72. The predicted octanol–water partition coefficient (Wildman–Crippen LogP) is 1.23. The quantitative estimate of drug-likeness (QED) is 0.816. The zero-order valence-corrected chi connectivity index (χ0v) is 12.7. The summed E-state index contributed by atoms with van der Waals surface area (Å²) in [6.07, 6.45) is 0. The number of carboxylic acids is 1. The van der Waals surface area contributed by atoms with Gasteiger partial charge in [-0.15, -0.1) is 0 Å². The van der Waals surface area contributed by atoms with Crippen LogP contribution >= 0.6 is 0 Å². The van der Waals surface area contributed by atoms with Crippen LogP contribution < -0.4 is 4.72 Å². The Labute approximate surface area is 123 Å². The lowest BCUT2D eigenvalue weighted by Crippen LogP contribution is -2.36. The zero-order chi connectivity index (χ0) is 15.8. The number of nitrogens with one attached hydrogen (secondary N) is 1. The summed E-state index contributed by atoms with van der Waals surface area (Å²) in [6, 6.07) is 2.14. The van der Waals surface area contributed by atoms with E-state index in [1.165, 1.54) is 12.1 Å². The van der Waals surface area contributed by atoms with Crippen LogP contribution in [0.3, 0.4) is 0 Å². The first kappa shape index (κ1) is 15.7. The minimum atomic E-state index is -3.84. The molecule has 1 unspecified atom stereocenters. The van der Waals surface area contributed by atoms with Crippen LogP contribution in [0.2, 0.25) is 0 Å². The highest BCUT2D eigenvalue weighted by Gasteiger charge is 2.28. The van der Waals surface area contributed by atoms with Crippen LogP contribution in [0.5, 0.6) is 0 Å². The monoisotopic (exact) mass is 311 g/mol. The molecule has 1 heterocycles. The van der Waals surface area contributed by atoms with E-state index in [0.29, 0.717) is 23.3 Å². The third-order valence-electron chi connectivity index (χ3n) is 3.52. The molecule has 0 amide bonds. The summed E-state index contributed by atoms with van der Waals surface area (Å²) < 4.78 is 32.6. The van der Waals surface area contributed by atoms with Crippen molar-refractivity contribution < 1.29 is 23.1 Å². The number of hydrogen-bond acceptors (Lipinski definition) is 4. The highest BCUT2D eigenvalue weighted by Crippen LogP contribution is 2.23. The van der Waals surface area contributed by atoms with E-state index in [0.717, 1.165) is 0 Å². The topological polar surface area (TPSA) is 92.7 Å². The van der Waals surface area contributed by atoms with Crippen LogP contribution in [0.1, 0.15) is 21.5 Å². The summed E-state index contributed by atoms with van der Waals surface area (Å²) in [5, 5.41) is 9.07. The first-order valence-corrected chi connectivity index (χ1v) is 7.83. The first-order valence-electron chi connectivity index (χ1n) is 6.34. The Balaban J connectivity index is 2.44. The molecule has 1 fully saturated rings. The SMILES string of the molecule is C=C1COCC1NS(=O)(=O)c1cc(C(=O)O)cc(C)c1C. The van der Waals surface area contributed by atoms with Gasteiger partial charge in [-0.25, -0.2) is 17.9 Å². The molecule has 6 nitrogen and oxygen atoms in total. The van der Waals surface area contributed by atoms with Gasteiger partial charge in [0.25, 0.3) is 0 Å². The lowest BCUT2D eigenvalue weighted by molar-refractivity contribution is 0.0696. The Bertz CT molecular complexity index is 708. The van der Waals surface area contributed by atoms with Crippen LogP contribution in [0.25, 0.3) is 0 Å². The van der Waals surface area contributed by atoms with Gasteiger partial charge in [0.2, 0.25) is 10.0 Å². The van der Waals surface area contributed by atoms with Gasteiger partial charge in [0, 0.05) is 0 Å². The van der Waals surface area contributed by atoms with Crippen LogP contribution in [0.4, 0.5) is 0 Å². The highest BCUT2D eigenvalue weighted by atomic mass is 32.2. The second kappa shape index (κ2) is 5.59. The number of hydrogen-bond donors (Lipinski definition) is 2. The fraction of sp³-hybridized carbons (Fsp3) is 0.357. The Morgan fingerprint density at radius 2 is 2.10 bits per heavy atom. The van der Waals surface area contributed by atoms with Crippen molar-refractivity contribution in [3.05, 3.63) is 41.0 Å². The molecule has 0 aliphatic carbocycles. The van der Waals surface area contributed by atoms with Gasteiger partial charge >= 0.3 is 5.97 Å². The summed E-state index contributed by atoms with van der Waals surface area (Å²) >= 11 is 0. The number of aromatic carboxylic acids is 1. The lowest BCUT2D eigenvalue weighted by Gasteiger charge is -2.16. The van der Waals surface area contributed by atoms with E-state index < -0.39 is 22.0 Å². The van der Waals surface area contributed by atoms with E-state index >= 15 is 0 Å². The van der Waals surface area contributed by atoms with Crippen molar-refractivity contribution in [2.75, 3.05) is 13.2 Å². The molecule has 2 N–H and O–H groups in total. The van der Waals surface area contributed by atoms with Crippen molar-refractivity contribution in [2.24, 2.45) is 0 Å². The van der Waals surface area contributed by atoms with Gasteiger partial charge in [0.05, 0.1) is 29.7 Å². The van der Waals surface area contributed by atoms with Gasteiger partial charge < -0.3 is 9.84 Å². The van der Waals surface area contributed by atoms with Gasteiger partial charge in [0.15, 0.2) is 0 Å². The highest BCUT2D eigenvalue weighted by molar-refractivity contribution is 7.89. The van der Waals surface area contributed by atoms with Gasteiger partial charge in [0.1, 0.15) is 0 Å². The fourth-order valence-electron chi connectivity index (χ4n) is 2.12. The molecule has 7 heteroatoms. The number of carboxylic acid groups (broad SMARTS) is 1. The summed E-state index contributed by atoms with van der Waals surface area (Å²) in [7, 11) is -3.84. The summed E-state index contributed by atoms with van der Waals surface area (Å²) in [4.78, 5) is 11.1. The summed E-state index contributed by atoms with van der Waals surface area (Å²) in [5.41, 5.74) is 1.73. The van der Waals surface area contributed by atoms with Crippen LogP contribution in [-0.4, -0.2) is 38.7 Å². The summed E-state index contributed by atoms with van der Waals surface area (Å²) in [6.45, 7) is 7.63. The van der Waals surface area contributed by atoms with E-state index in [9.17, 15) is 13.2 Å². The molecular weight excluding hydrogens is 294 g/mol. The van der Waals surface area contributed by atoms with E-state index in [1.54, 1.807) is 13.8 Å². The Morgan fingerprint density at radius 3 is 2.62 bits per heavy atom. The van der Waals surface area contributed by atoms with Crippen LogP contribution in [-0.2, 0) is 14.8 Å². The van der Waals surface area contributed by atoms with E-state index in [2.05, 4.69) is 11.3 Å². The lowest BCUT2D eigenvalue weighted by atomic mass is 10.1. The molecule has 114 valence electrons. The maximum atomic E-state index is 12.5. The molecule has 2 rings (SSSR count). The van der Waals surface area contributed by atoms with E-state index in [1.807, 2.05) is 0 Å². The number of rotatable bonds is 4. The molecular formula is C14H17NO5S. The third kappa shape index (κ3) is 3.15. The molecule has 1 aliphatic rings. The predicted molar refractivity (Wildman–Crippen MR) is 76.9 cm³/mol. The van der Waals surface area contributed by atoms with Crippen molar-refractivity contribution in [3.8, 4) is 0 Å². The number of carbonyl (C=O) groups is 1. The standard InChI is InChI=1S/C14H17NO5S/c1-8-4-11(14(16)17)5-13(10(8)3)21(18,19)15-12-7-20-6-9(12)2/h4-5,12,15H,2,6-7H2,1,3H3,(H,16,17). The van der Waals surface area contributed by atoms with Gasteiger partial charge in [-0.05, 0) is 42.7 Å². The Kier molecular flexibility index (Phi) is 4.18. The van der Waals surface area contributed by atoms with Crippen molar-refractivity contribution in [1.29, 1.82) is 0 Å². The number of benzene rings is 1. The van der Waals surface area contributed by atoms with E-state index in [4.69, 9.17) is 9.84 Å². The fourth-order valence-corrected chi connectivity index (χ4v) is 3.71. The zero-order valence-electron chi connectivity index (χ0n) is 11.8. The maximum absolute atomic E-state index is 12.5. The second-order valence-corrected chi connectivity index (χ2v) is 6.75. The molecule has 0 spiro atoms. The largest absolute Gasteiger partial charge is 0.478 e. The van der Waals surface area contributed by atoms with Crippen molar-refractivity contribution in [1.82, 2.24) is 4.72 Å². The minimum Gasteiger partial charge on any atom is -0.478 e. The van der Waals surface area contributed by atoms with Gasteiger partial charge in [-0.2, -0.15) is 0 Å². The molecule has 0 bridgehead atoms. The molecule has 0 saturated carbocycles. The van der Waals surface area contributed by atoms with Crippen LogP contribution in [0, 0.1) is 13.8 Å². The smallest absolute Gasteiger partial charge is 0.335 e. The normalized spacial score (nSPS) is 19.0. The Morgan fingerprint density at radius 1 is 1.43 bits per heavy atom. The average Bonchev–Trinajstić information content (AvgIpc) is 2.77. The minimum absolute atomic E-state index is 0.0281. The molecule has 0 aromatic heterocycles. The van der Waals surface area contributed by atoms with Crippen LogP contribution in [0.15, 0.2) is 29.2 Å². The average molecular weight is 311 g/mol. The van der Waals surface area contributed by atoms with Crippen molar-refractivity contribution in [2.45, 2.75) is 24.8 Å². The second-order valence-electron chi connectivity index (χ2n) is 5.07. The number of aryl methyl sites for hydroxylation is 1. The van der Waals surface area contributed by atoms with E-state index in [-0.39, 0.29) is 17.1 Å². The maximum Gasteiger partial charge on any atom is 0.335 e. The van der Waals surface area contributed by atoms with Crippen molar-refractivity contribution in [3.63, 3.8) is 0 Å². The Hall–Kier alpha value is -1.70. The third-order valence-corrected chi connectivity index (χ3v) is 5.12. The van der Waals surface area contributed by atoms with Gasteiger partial charge in [-0.3, -0.25) is 0 Å². The molecule has 1 aromatic carbocycles. The summed E-state index contributed by atoms with van der Waals surface area (Å²) in [5.74, 6) is -1.16. The number of ether oxygens (including phenoxy) is 1. The molecule has 1 atom stereocenters. The molecule has 0 radical (unpaired) electrons. The molecule has 1 saturated heterocycles. The molecule has 1 aliphatic heterocycles.